The zero-order valence-electron chi connectivity index (χ0n) is 17.5. The molecule has 2 N–H and O–H groups in total. The number of phenols is 1. The van der Waals surface area contributed by atoms with Crippen molar-refractivity contribution in [1.29, 1.82) is 0 Å². The third kappa shape index (κ3) is 3.48. The number of H-pyrrole nitrogens is 1. The van der Waals surface area contributed by atoms with Gasteiger partial charge >= 0.3 is 0 Å². The predicted octanol–water partition coefficient (Wildman–Crippen LogP) is 4.74. The Hall–Kier alpha value is -3.87. The standard InChI is InChI=1S/C24H21FN2O4/c1-12-9-17(20(13(2)22(12)28)14-5-7-15(25)8-6-14)23-26-18-10-16(30-3)11-19(31-4)21(18)24(29)27-23/h5-11,28H,1-4H3,(H,26,27,29). The van der Waals surface area contributed by atoms with Crippen LogP contribution in [0, 0.1) is 19.7 Å². The van der Waals surface area contributed by atoms with Crippen molar-refractivity contribution in [3.05, 3.63) is 69.8 Å². The Kier molecular flexibility index (Phi) is 5.10. The number of benzene rings is 3. The Balaban J connectivity index is 2.06. The smallest absolute Gasteiger partial charge is 0.262 e. The highest BCUT2D eigenvalue weighted by molar-refractivity contribution is 5.90. The van der Waals surface area contributed by atoms with Gasteiger partial charge in [-0.1, -0.05) is 12.1 Å². The number of nitrogens with zero attached hydrogens (tertiary/aromatic N) is 1. The van der Waals surface area contributed by atoms with Crippen LogP contribution in [-0.2, 0) is 0 Å². The lowest BCUT2D eigenvalue weighted by molar-refractivity contribution is 0.397. The van der Waals surface area contributed by atoms with E-state index >= 15 is 0 Å². The highest BCUT2D eigenvalue weighted by atomic mass is 19.1. The van der Waals surface area contributed by atoms with Crippen LogP contribution in [-0.4, -0.2) is 29.3 Å². The average Bonchev–Trinajstić information content (AvgIpc) is 2.77. The molecule has 0 amide bonds. The van der Waals surface area contributed by atoms with Gasteiger partial charge in [0.2, 0.25) is 0 Å². The van der Waals surface area contributed by atoms with E-state index in [0.717, 1.165) is 0 Å². The second kappa shape index (κ2) is 7.75. The number of aryl methyl sites for hydroxylation is 1. The van der Waals surface area contributed by atoms with Crippen LogP contribution in [0.4, 0.5) is 4.39 Å². The maximum Gasteiger partial charge on any atom is 0.262 e. The summed E-state index contributed by atoms with van der Waals surface area (Å²) in [4.78, 5) is 20.5. The minimum absolute atomic E-state index is 0.134. The maximum atomic E-state index is 13.5. The first-order chi connectivity index (χ1) is 14.8. The highest BCUT2D eigenvalue weighted by Gasteiger charge is 2.19. The molecule has 0 saturated heterocycles. The zero-order chi connectivity index (χ0) is 22.3. The van der Waals surface area contributed by atoms with Crippen LogP contribution in [0.5, 0.6) is 17.2 Å². The number of phenolic OH excluding ortho intramolecular Hbond substituents is 1. The molecule has 158 valence electrons. The third-order valence-corrected chi connectivity index (χ3v) is 5.32. The molecule has 7 heteroatoms. The Bertz CT molecular complexity index is 1360. The van der Waals surface area contributed by atoms with Crippen LogP contribution >= 0.6 is 0 Å². The number of fused-ring (bicyclic) bond motifs is 1. The van der Waals surface area contributed by atoms with E-state index in [2.05, 4.69) is 9.97 Å². The van der Waals surface area contributed by atoms with Crippen molar-refractivity contribution in [2.45, 2.75) is 13.8 Å². The summed E-state index contributed by atoms with van der Waals surface area (Å²) in [7, 11) is 2.99. The molecule has 0 saturated carbocycles. The van der Waals surface area contributed by atoms with Crippen molar-refractivity contribution >= 4 is 10.9 Å². The maximum absolute atomic E-state index is 13.5. The van der Waals surface area contributed by atoms with Crippen LogP contribution in [0.25, 0.3) is 33.4 Å². The Morgan fingerprint density at radius 2 is 1.74 bits per heavy atom. The van der Waals surface area contributed by atoms with Gasteiger partial charge in [-0.05, 0) is 54.3 Å². The molecule has 0 aliphatic carbocycles. The molecule has 0 unspecified atom stereocenters. The van der Waals surface area contributed by atoms with Gasteiger partial charge < -0.3 is 19.6 Å². The summed E-state index contributed by atoms with van der Waals surface area (Å²) in [5, 5.41) is 10.8. The van der Waals surface area contributed by atoms with Gasteiger partial charge in [0.15, 0.2) is 0 Å². The molecule has 0 aliphatic heterocycles. The van der Waals surface area contributed by atoms with Crippen LogP contribution in [0.1, 0.15) is 11.1 Å². The van der Waals surface area contributed by atoms with Crippen molar-refractivity contribution in [3.8, 4) is 39.8 Å². The molecule has 3 aromatic carbocycles. The first-order valence-corrected chi connectivity index (χ1v) is 9.59. The lowest BCUT2D eigenvalue weighted by atomic mass is 9.91. The minimum Gasteiger partial charge on any atom is -0.507 e. The second-order valence-corrected chi connectivity index (χ2v) is 7.23. The summed E-state index contributed by atoms with van der Waals surface area (Å²) in [5.74, 6) is 0.945. The van der Waals surface area contributed by atoms with E-state index in [-0.39, 0.29) is 17.1 Å². The number of rotatable bonds is 4. The quantitative estimate of drug-likeness (QED) is 0.498. The van der Waals surface area contributed by atoms with E-state index < -0.39 is 0 Å². The second-order valence-electron chi connectivity index (χ2n) is 7.23. The van der Waals surface area contributed by atoms with Crippen LogP contribution in [0.15, 0.2) is 47.3 Å². The number of aromatic amines is 1. The number of halogens is 1. The first-order valence-electron chi connectivity index (χ1n) is 9.59. The van der Waals surface area contributed by atoms with Crippen LogP contribution in [0.3, 0.4) is 0 Å². The third-order valence-electron chi connectivity index (χ3n) is 5.32. The molecule has 4 rings (SSSR count). The predicted molar refractivity (Wildman–Crippen MR) is 117 cm³/mol. The monoisotopic (exact) mass is 420 g/mol. The van der Waals surface area contributed by atoms with Crippen LogP contribution in [0.2, 0.25) is 0 Å². The van der Waals surface area contributed by atoms with Gasteiger partial charge in [0, 0.05) is 17.7 Å². The zero-order valence-corrected chi connectivity index (χ0v) is 17.5. The summed E-state index contributed by atoms with van der Waals surface area (Å²) in [6.45, 7) is 3.54. The summed E-state index contributed by atoms with van der Waals surface area (Å²) < 4.78 is 24.2. The fourth-order valence-electron chi connectivity index (χ4n) is 3.77. The minimum atomic E-state index is -0.368. The Morgan fingerprint density at radius 1 is 1.03 bits per heavy atom. The van der Waals surface area contributed by atoms with Gasteiger partial charge in [-0.2, -0.15) is 0 Å². The lowest BCUT2D eigenvalue weighted by Gasteiger charge is -2.17. The summed E-state index contributed by atoms with van der Waals surface area (Å²) in [6, 6.07) is 11.0. The lowest BCUT2D eigenvalue weighted by Crippen LogP contribution is -2.11. The molecule has 0 atom stereocenters. The number of aromatic hydroxyl groups is 1. The largest absolute Gasteiger partial charge is 0.507 e. The normalized spacial score (nSPS) is 11.0. The molecule has 6 nitrogen and oxygen atoms in total. The van der Waals surface area contributed by atoms with Gasteiger partial charge in [-0.15, -0.1) is 0 Å². The van der Waals surface area contributed by atoms with E-state index in [1.165, 1.54) is 26.4 Å². The summed E-state index contributed by atoms with van der Waals surface area (Å²) in [6.07, 6.45) is 0. The molecule has 0 spiro atoms. The molecule has 0 bridgehead atoms. The van der Waals surface area contributed by atoms with Crippen LogP contribution < -0.4 is 15.0 Å². The fraction of sp³-hybridized carbons (Fsp3) is 0.167. The number of methoxy groups -OCH3 is 2. The number of hydrogen-bond acceptors (Lipinski definition) is 5. The van der Waals surface area contributed by atoms with Crippen molar-refractivity contribution in [2.75, 3.05) is 14.2 Å². The number of aromatic nitrogens is 2. The van der Waals surface area contributed by atoms with E-state index in [0.29, 0.717) is 56.0 Å². The van der Waals surface area contributed by atoms with Crippen molar-refractivity contribution in [1.82, 2.24) is 9.97 Å². The molecule has 1 heterocycles. The van der Waals surface area contributed by atoms with E-state index in [1.54, 1.807) is 44.2 Å². The van der Waals surface area contributed by atoms with Gasteiger partial charge in [0.25, 0.3) is 5.56 Å². The summed E-state index contributed by atoms with van der Waals surface area (Å²) >= 11 is 0. The van der Waals surface area contributed by atoms with Crippen molar-refractivity contribution in [2.24, 2.45) is 0 Å². The Morgan fingerprint density at radius 3 is 2.39 bits per heavy atom. The first kappa shape index (κ1) is 20.4. The SMILES string of the molecule is COc1cc(OC)c2c(=O)[nH]c(-c3cc(C)c(O)c(C)c3-c3ccc(F)cc3)nc2c1. The van der Waals surface area contributed by atoms with Crippen molar-refractivity contribution < 1.29 is 19.0 Å². The van der Waals surface area contributed by atoms with E-state index in [9.17, 15) is 14.3 Å². The molecule has 1 aromatic heterocycles. The molecular weight excluding hydrogens is 399 g/mol. The van der Waals surface area contributed by atoms with Gasteiger partial charge in [0.05, 0.1) is 19.7 Å². The summed E-state index contributed by atoms with van der Waals surface area (Å²) in [5.41, 5.74) is 3.23. The topological polar surface area (TPSA) is 84.4 Å². The molecule has 0 aliphatic rings. The van der Waals surface area contributed by atoms with Gasteiger partial charge in [-0.25, -0.2) is 9.37 Å². The molecule has 31 heavy (non-hydrogen) atoms. The van der Waals surface area contributed by atoms with Gasteiger partial charge in [0.1, 0.15) is 34.3 Å². The Labute approximate surface area is 177 Å². The number of hydrogen-bond donors (Lipinski definition) is 2. The molecule has 4 aromatic rings. The average molecular weight is 420 g/mol. The van der Waals surface area contributed by atoms with Gasteiger partial charge in [-0.3, -0.25) is 4.79 Å². The fourth-order valence-corrected chi connectivity index (χ4v) is 3.77. The van der Waals surface area contributed by atoms with Crippen molar-refractivity contribution in [3.63, 3.8) is 0 Å². The molecule has 0 fully saturated rings. The van der Waals surface area contributed by atoms with E-state index in [1.807, 2.05) is 0 Å². The molecular formula is C24H21FN2O4. The molecule has 0 radical (unpaired) electrons. The van der Waals surface area contributed by atoms with E-state index in [4.69, 9.17) is 9.47 Å². The number of ether oxygens (including phenoxy) is 2. The number of nitrogens with one attached hydrogen (secondary N) is 1. The highest BCUT2D eigenvalue weighted by Crippen LogP contribution is 2.40.